The average molecular weight is 381 g/mol. The number of aryl methyl sites for hydroxylation is 1. The van der Waals surface area contributed by atoms with E-state index in [1.54, 1.807) is 0 Å². The first-order valence-electron chi connectivity index (χ1n) is 9.16. The lowest BCUT2D eigenvalue weighted by Gasteiger charge is -2.36. The molecule has 2 aliphatic heterocycles. The highest BCUT2D eigenvalue weighted by atomic mass is 19.1. The maximum atomic E-state index is 14.7. The number of halogens is 3. The van der Waals surface area contributed by atoms with Crippen molar-refractivity contribution in [2.24, 2.45) is 5.92 Å². The number of likely N-dealkylation sites (tertiary alicyclic amines) is 1. The van der Waals surface area contributed by atoms with Crippen LogP contribution in [0.2, 0.25) is 0 Å². The highest BCUT2D eigenvalue weighted by Crippen LogP contribution is 2.28. The fourth-order valence-corrected chi connectivity index (χ4v) is 3.73. The van der Waals surface area contributed by atoms with Gasteiger partial charge in [-0.15, -0.1) is 0 Å². The standard InChI is InChI=1S/C19H22F3N3O2/c1-10-12(20)2-3-15-16(10)17(22)18(24-15)19(26)25-5-4-14(13(21)7-25)23-6-11-8-27-9-11/h2-3,11,13-14,23-24H,4-9H2,1H3/t13-,14+/m1/s1. The quantitative estimate of drug-likeness (QED) is 0.856. The Bertz CT molecular complexity index is 865. The van der Waals surface area contributed by atoms with Gasteiger partial charge in [0, 0.05) is 36.0 Å². The number of hydrogen-bond donors (Lipinski definition) is 2. The van der Waals surface area contributed by atoms with Crippen LogP contribution in [0.4, 0.5) is 13.2 Å². The fourth-order valence-electron chi connectivity index (χ4n) is 3.73. The molecule has 2 fully saturated rings. The highest BCUT2D eigenvalue weighted by molar-refractivity contribution is 5.99. The number of ether oxygens (including phenoxy) is 1. The summed E-state index contributed by atoms with van der Waals surface area (Å²) in [6, 6.07) is 2.30. The number of aromatic nitrogens is 1. The van der Waals surface area contributed by atoms with Gasteiger partial charge in [0.2, 0.25) is 0 Å². The molecule has 2 atom stereocenters. The van der Waals surface area contributed by atoms with Crippen molar-refractivity contribution in [2.45, 2.75) is 25.6 Å². The maximum Gasteiger partial charge on any atom is 0.273 e. The summed E-state index contributed by atoms with van der Waals surface area (Å²) >= 11 is 0. The van der Waals surface area contributed by atoms with E-state index in [0.29, 0.717) is 44.2 Å². The first kappa shape index (κ1) is 18.3. The molecule has 0 aliphatic carbocycles. The zero-order valence-corrected chi connectivity index (χ0v) is 15.0. The highest BCUT2D eigenvalue weighted by Gasteiger charge is 2.34. The van der Waals surface area contributed by atoms with Gasteiger partial charge in [-0.05, 0) is 31.0 Å². The molecular weight excluding hydrogens is 359 g/mol. The van der Waals surface area contributed by atoms with Crippen molar-refractivity contribution in [1.82, 2.24) is 15.2 Å². The fraction of sp³-hybridized carbons (Fsp3) is 0.526. The van der Waals surface area contributed by atoms with Crippen LogP contribution < -0.4 is 5.32 Å². The molecule has 2 N–H and O–H groups in total. The first-order chi connectivity index (χ1) is 13.0. The Morgan fingerprint density at radius 3 is 2.81 bits per heavy atom. The molecule has 146 valence electrons. The second-order valence-corrected chi connectivity index (χ2v) is 7.38. The zero-order valence-electron chi connectivity index (χ0n) is 15.0. The number of amides is 1. The van der Waals surface area contributed by atoms with Crippen molar-refractivity contribution < 1.29 is 22.7 Å². The molecule has 0 saturated carbocycles. The van der Waals surface area contributed by atoms with Gasteiger partial charge in [0.15, 0.2) is 5.82 Å². The molecule has 5 nitrogen and oxygen atoms in total. The predicted molar refractivity (Wildman–Crippen MR) is 94.5 cm³/mol. The molecule has 2 aromatic rings. The number of alkyl halides is 1. The van der Waals surface area contributed by atoms with Gasteiger partial charge >= 0.3 is 0 Å². The van der Waals surface area contributed by atoms with Crippen LogP contribution in [-0.4, -0.2) is 60.9 Å². The van der Waals surface area contributed by atoms with Crippen LogP contribution >= 0.6 is 0 Å². The summed E-state index contributed by atoms with van der Waals surface area (Å²) in [7, 11) is 0. The Morgan fingerprint density at radius 1 is 1.37 bits per heavy atom. The van der Waals surface area contributed by atoms with Crippen LogP contribution in [0.3, 0.4) is 0 Å². The largest absolute Gasteiger partial charge is 0.381 e. The van der Waals surface area contributed by atoms with Crippen molar-refractivity contribution in [1.29, 1.82) is 0 Å². The lowest BCUT2D eigenvalue weighted by molar-refractivity contribution is -0.0339. The molecule has 4 rings (SSSR count). The Kier molecular flexibility index (Phi) is 4.86. The minimum atomic E-state index is -1.23. The second kappa shape index (κ2) is 7.16. The van der Waals surface area contributed by atoms with Gasteiger partial charge in [0.05, 0.1) is 19.8 Å². The Labute approximate surface area is 154 Å². The molecule has 0 unspecified atom stereocenters. The molecule has 1 aromatic carbocycles. The summed E-state index contributed by atoms with van der Waals surface area (Å²) in [6.07, 6.45) is -0.772. The number of nitrogens with one attached hydrogen (secondary N) is 2. The van der Waals surface area contributed by atoms with Crippen molar-refractivity contribution >= 4 is 16.8 Å². The van der Waals surface area contributed by atoms with Gasteiger partial charge in [0.1, 0.15) is 17.7 Å². The van der Waals surface area contributed by atoms with E-state index in [-0.39, 0.29) is 29.2 Å². The molecule has 2 aliphatic rings. The Balaban J connectivity index is 1.46. The van der Waals surface area contributed by atoms with Crippen molar-refractivity contribution in [3.63, 3.8) is 0 Å². The summed E-state index contributed by atoms with van der Waals surface area (Å²) in [5.41, 5.74) is 0.251. The Hall–Kier alpha value is -2.06. The monoisotopic (exact) mass is 381 g/mol. The van der Waals surface area contributed by atoms with Crippen LogP contribution in [0.1, 0.15) is 22.5 Å². The minimum absolute atomic E-state index is 0.0643. The maximum absolute atomic E-state index is 14.7. The SMILES string of the molecule is Cc1c(F)ccc2[nH]c(C(=O)N3CC[C@H](NCC4COC4)[C@H](F)C3)c(F)c12. The van der Waals surface area contributed by atoms with E-state index in [1.807, 2.05) is 0 Å². The number of benzene rings is 1. The van der Waals surface area contributed by atoms with E-state index in [2.05, 4.69) is 10.3 Å². The van der Waals surface area contributed by atoms with E-state index in [0.717, 1.165) is 0 Å². The molecule has 1 amide bonds. The summed E-state index contributed by atoms with van der Waals surface area (Å²) in [4.78, 5) is 16.8. The van der Waals surface area contributed by atoms with E-state index in [4.69, 9.17) is 4.74 Å². The number of rotatable bonds is 4. The van der Waals surface area contributed by atoms with Gasteiger partial charge in [-0.1, -0.05) is 0 Å². The molecule has 27 heavy (non-hydrogen) atoms. The van der Waals surface area contributed by atoms with Gasteiger partial charge in [-0.3, -0.25) is 4.79 Å². The van der Waals surface area contributed by atoms with E-state index < -0.39 is 23.7 Å². The number of carbonyl (C=O) groups excluding carboxylic acids is 1. The van der Waals surface area contributed by atoms with Crippen LogP contribution in [0.15, 0.2) is 12.1 Å². The molecular formula is C19H22F3N3O2. The lowest BCUT2D eigenvalue weighted by atomic mass is 10.0. The van der Waals surface area contributed by atoms with Gasteiger partial charge in [-0.25, -0.2) is 13.2 Å². The number of carbonyl (C=O) groups is 1. The Morgan fingerprint density at radius 2 is 2.15 bits per heavy atom. The lowest BCUT2D eigenvalue weighted by Crippen LogP contribution is -2.54. The van der Waals surface area contributed by atoms with Crippen LogP contribution in [0, 0.1) is 24.5 Å². The predicted octanol–water partition coefficient (Wildman–Crippen LogP) is 2.54. The number of aromatic amines is 1. The van der Waals surface area contributed by atoms with Gasteiger partial charge in [0.25, 0.3) is 5.91 Å². The molecule has 0 bridgehead atoms. The molecule has 0 radical (unpaired) electrons. The molecule has 2 saturated heterocycles. The van der Waals surface area contributed by atoms with E-state index in [9.17, 15) is 18.0 Å². The number of piperidine rings is 1. The number of nitrogens with zero attached hydrogens (tertiary/aromatic N) is 1. The summed E-state index contributed by atoms with van der Waals surface area (Å²) in [5.74, 6) is -1.50. The topological polar surface area (TPSA) is 57.4 Å². The van der Waals surface area contributed by atoms with Crippen molar-refractivity contribution in [3.8, 4) is 0 Å². The molecule has 0 spiro atoms. The van der Waals surface area contributed by atoms with Crippen molar-refractivity contribution in [2.75, 3.05) is 32.8 Å². The first-order valence-corrected chi connectivity index (χ1v) is 9.16. The summed E-state index contributed by atoms with van der Waals surface area (Å²) < 4.78 is 48.1. The molecule has 3 heterocycles. The summed E-state index contributed by atoms with van der Waals surface area (Å²) in [6.45, 7) is 3.78. The van der Waals surface area contributed by atoms with Gasteiger partial charge < -0.3 is 19.9 Å². The second-order valence-electron chi connectivity index (χ2n) is 7.38. The molecule has 8 heteroatoms. The number of H-pyrrole nitrogens is 1. The normalized spacial score (nSPS) is 23.6. The van der Waals surface area contributed by atoms with Crippen molar-refractivity contribution in [3.05, 3.63) is 35.0 Å². The zero-order chi connectivity index (χ0) is 19.1. The van der Waals surface area contributed by atoms with Gasteiger partial charge in [-0.2, -0.15) is 0 Å². The van der Waals surface area contributed by atoms with E-state index in [1.165, 1.54) is 24.0 Å². The third-order valence-electron chi connectivity index (χ3n) is 5.52. The van der Waals surface area contributed by atoms with Crippen LogP contribution in [-0.2, 0) is 4.74 Å². The third-order valence-corrected chi connectivity index (χ3v) is 5.52. The van der Waals surface area contributed by atoms with Crippen LogP contribution in [0.25, 0.3) is 10.9 Å². The third kappa shape index (κ3) is 3.32. The van der Waals surface area contributed by atoms with E-state index >= 15 is 0 Å². The van der Waals surface area contributed by atoms with Crippen LogP contribution in [0.5, 0.6) is 0 Å². The number of hydrogen-bond acceptors (Lipinski definition) is 3. The minimum Gasteiger partial charge on any atom is -0.381 e. The smallest absolute Gasteiger partial charge is 0.273 e. The number of fused-ring (bicyclic) bond motifs is 1. The summed E-state index contributed by atoms with van der Waals surface area (Å²) in [5, 5.41) is 3.27. The average Bonchev–Trinajstić information content (AvgIpc) is 2.95. The molecule has 1 aromatic heterocycles.